The SMILES string of the molecule is CCC(C)(C)N(C)Cc1ccnc(CN)c1. The highest BCUT2D eigenvalue weighted by Gasteiger charge is 2.20. The van der Waals surface area contributed by atoms with Gasteiger partial charge in [-0.05, 0) is 45.0 Å². The van der Waals surface area contributed by atoms with Crippen LogP contribution in [0, 0.1) is 0 Å². The highest BCUT2D eigenvalue weighted by molar-refractivity contribution is 5.16. The predicted molar refractivity (Wildman–Crippen MR) is 68.0 cm³/mol. The molecule has 3 nitrogen and oxygen atoms in total. The van der Waals surface area contributed by atoms with Crippen molar-refractivity contribution in [3.63, 3.8) is 0 Å². The van der Waals surface area contributed by atoms with Crippen molar-refractivity contribution in [1.82, 2.24) is 9.88 Å². The number of nitrogens with zero attached hydrogens (tertiary/aromatic N) is 2. The molecule has 1 rings (SSSR count). The van der Waals surface area contributed by atoms with E-state index >= 15 is 0 Å². The fourth-order valence-corrected chi connectivity index (χ4v) is 1.50. The fourth-order valence-electron chi connectivity index (χ4n) is 1.50. The minimum absolute atomic E-state index is 0.228. The summed E-state index contributed by atoms with van der Waals surface area (Å²) in [6.45, 7) is 8.19. The van der Waals surface area contributed by atoms with Gasteiger partial charge in [-0.1, -0.05) is 6.92 Å². The summed E-state index contributed by atoms with van der Waals surface area (Å²) in [6, 6.07) is 4.14. The fraction of sp³-hybridized carbons (Fsp3) is 0.615. The molecule has 0 aliphatic carbocycles. The molecule has 0 unspecified atom stereocenters. The normalized spacial score (nSPS) is 12.1. The summed E-state index contributed by atoms with van der Waals surface area (Å²) >= 11 is 0. The average molecular weight is 221 g/mol. The van der Waals surface area contributed by atoms with Crippen LogP contribution in [0.3, 0.4) is 0 Å². The molecule has 0 amide bonds. The molecule has 1 heterocycles. The zero-order valence-corrected chi connectivity index (χ0v) is 10.8. The van der Waals surface area contributed by atoms with Gasteiger partial charge in [0.05, 0.1) is 5.69 Å². The summed E-state index contributed by atoms with van der Waals surface area (Å²) in [7, 11) is 2.16. The van der Waals surface area contributed by atoms with Crippen LogP contribution in [0.5, 0.6) is 0 Å². The van der Waals surface area contributed by atoms with E-state index in [1.54, 1.807) is 0 Å². The summed E-state index contributed by atoms with van der Waals surface area (Å²) in [5.41, 5.74) is 8.05. The third-order valence-corrected chi connectivity index (χ3v) is 3.41. The lowest BCUT2D eigenvalue weighted by Gasteiger charge is -2.34. The molecule has 16 heavy (non-hydrogen) atoms. The van der Waals surface area contributed by atoms with Crippen molar-refractivity contribution < 1.29 is 0 Å². The summed E-state index contributed by atoms with van der Waals surface area (Å²) in [6.07, 6.45) is 2.97. The molecule has 0 radical (unpaired) electrons. The van der Waals surface area contributed by atoms with Gasteiger partial charge >= 0.3 is 0 Å². The van der Waals surface area contributed by atoms with Gasteiger partial charge in [0.1, 0.15) is 0 Å². The number of hydrogen-bond donors (Lipinski definition) is 1. The van der Waals surface area contributed by atoms with Gasteiger partial charge in [-0.15, -0.1) is 0 Å². The van der Waals surface area contributed by atoms with Crippen LogP contribution in [0.25, 0.3) is 0 Å². The van der Waals surface area contributed by atoms with Crippen LogP contribution < -0.4 is 5.73 Å². The van der Waals surface area contributed by atoms with Gasteiger partial charge in [0, 0.05) is 24.8 Å². The molecule has 0 bridgehead atoms. The van der Waals surface area contributed by atoms with Crippen molar-refractivity contribution in [2.75, 3.05) is 7.05 Å². The van der Waals surface area contributed by atoms with E-state index in [0.717, 1.165) is 18.7 Å². The zero-order valence-electron chi connectivity index (χ0n) is 10.8. The van der Waals surface area contributed by atoms with Crippen LogP contribution in [0.4, 0.5) is 0 Å². The summed E-state index contributed by atoms with van der Waals surface area (Å²) in [4.78, 5) is 6.57. The lowest BCUT2D eigenvalue weighted by atomic mass is 9.99. The number of nitrogens with two attached hydrogens (primary N) is 1. The van der Waals surface area contributed by atoms with Crippen molar-refractivity contribution >= 4 is 0 Å². The van der Waals surface area contributed by atoms with E-state index in [1.165, 1.54) is 5.56 Å². The molecule has 1 aromatic rings. The summed E-state index contributed by atoms with van der Waals surface area (Å²) in [5, 5.41) is 0. The number of aromatic nitrogens is 1. The summed E-state index contributed by atoms with van der Waals surface area (Å²) < 4.78 is 0. The number of hydrogen-bond acceptors (Lipinski definition) is 3. The zero-order chi connectivity index (χ0) is 12.2. The van der Waals surface area contributed by atoms with E-state index < -0.39 is 0 Å². The first-order valence-corrected chi connectivity index (χ1v) is 5.84. The van der Waals surface area contributed by atoms with Gasteiger partial charge in [-0.3, -0.25) is 9.88 Å². The highest BCUT2D eigenvalue weighted by Crippen LogP contribution is 2.19. The van der Waals surface area contributed by atoms with Crippen molar-refractivity contribution in [2.24, 2.45) is 5.73 Å². The van der Waals surface area contributed by atoms with Crippen molar-refractivity contribution in [3.8, 4) is 0 Å². The van der Waals surface area contributed by atoms with Crippen LogP contribution in [0.15, 0.2) is 18.3 Å². The number of rotatable bonds is 5. The van der Waals surface area contributed by atoms with Gasteiger partial charge < -0.3 is 5.73 Å². The Kier molecular flexibility index (Phi) is 4.44. The van der Waals surface area contributed by atoms with Gasteiger partial charge in [0.25, 0.3) is 0 Å². The van der Waals surface area contributed by atoms with Gasteiger partial charge in [-0.2, -0.15) is 0 Å². The van der Waals surface area contributed by atoms with Crippen LogP contribution in [-0.4, -0.2) is 22.5 Å². The van der Waals surface area contributed by atoms with E-state index in [9.17, 15) is 0 Å². The molecule has 0 atom stereocenters. The van der Waals surface area contributed by atoms with Crippen LogP contribution >= 0.6 is 0 Å². The molecular weight excluding hydrogens is 198 g/mol. The molecule has 0 saturated heterocycles. The lowest BCUT2D eigenvalue weighted by Crippen LogP contribution is -2.39. The molecule has 1 aromatic heterocycles. The van der Waals surface area contributed by atoms with Crippen LogP contribution in [0.1, 0.15) is 38.4 Å². The third kappa shape index (κ3) is 3.29. The Balaban J connectivity index is 2.72. The van der Waals surface area contributed by atoms with E-state index in [1.807, 2.05) is 6.20 Å². The van der Waals surface area contributed by atoms with E-state index in [2.05, 4.69) is 49.8 Å². The standard InChI is InChI=1S/C13H23N3/c1-5-13(2,3)16(4)10-11-6-7-15-12(8-11)9-14/h6-8H,5,9-10,14H2,1-4H3. The molecule has 3 heteroatoms. The smallest absolute Gasteiger partial charge is 0.0542 e. The molecule has 0 fully saturated rings. The van der Waals surface area contributed by atoms with Crippen molar-refractivity contribution in [3.05, 3.63) is 29.6 Å². The maximum Gasteiger partial charge on any atom is 0.0542 e. The minimum atomic E-state index is 0.228. The lowest BCUT2D eigenvalue weighted by molar-refractivity contribution is 0.143. The Morgan fingerprint density at radius 2 is 2.12 bits per heavy atom. The molecule has 0 saturated carbocycles. The predicted octanol–water partition coefficient (Wildman–Crippen LogP) is 2.16. The Morgan fingerprint density at radius 1 is 1.44 bits per heavy atom. The van der Waals surface area contributed by atoms with Gasteiger partial charge in [0.15, 0.2) is 0 Å². The maximum atomic E-state index is 5.59. The second-order valence-electron chi connectivity index (χ2n) is 4.88. The average Bonchev–Trinajstić information content (AvgIpc) is 2.29. The Morgan fingerprint density at radius 3 is 2.69 bits per heavy atom. The maximum absolute atomic E-state index is 5.59. The molecule has 2 N–H and O–H groups in total. The Hall–Kier alpha value is -0.930. The van der Waals surface area contributed by atoms with E-state index in [4.69, 9.17) is 5.73 Å². The largest absolute Gasteiger partial charge is 0.325 e. The minimum Gasteiger partial charge on any atom is -0.325 e. The van der Waals surface area contributed by atoms with Crippen molar-refractivity contribution in [1.29, 1.82) is 0 Å². The number of pyridine rings is 1. The van der Waals surface area contributed by atoms with Crippen molar-refractivity contribution in [2.45, 2.75) is 45.8 Å². The first-order chi connectivity index (χ1) is 7.49. The molecule has 0 aliphatic heterocycles. The molecule has 0 spiro atoms. The van der Waals surface area contributed by atoms with Crippen LogP contribution in [0.2, 0.25) is 0 Å². The first-order valence-electron chi connectivity index (χ1n) is 5.84. The highest BCUT2D eigenvalue weighted by atomic mass is 15.2. The molecule has 0 aliphatic rings. The third-order valence-electron chi connectivity index (χ3n) is 3.41. The van der Waals surface area contributed by atoms with E-state index in [-0.39, 0.29) is 5.54 Å². The molecular formula is C13H23N3. The first kappa shape index (κ1) is 13.1. The monoisotopic (exact) mass is 221 g/mol. The molecule has 90 valence electrons. The van der Waals surface area contributed by atoms with Crippen LogP contribution in [-0.2, 0) is 13.1 Å². The Bertz CT molecular complexity index is 334. The second kappa shape index (κ2) is 5.41. The summed E-state index contributed by atoms with van der Waals surface area (Å²) in [5.74, 6) is 0. The van der Waals surface area contributed by atoms with Gasteiger partial charge in [0.2, 0.25) is 0 Å². The molecule has 0 aromatic carbocycles. The quantitative estimate of drug-likeness (QED) is 0.828. The topological polar surface area (TPSA) is 42.2 Å². The van der Waals surface area contributed by atoms with E-state index in [0.29, 0.717) is 6.54 Å². The van der Waals surface area contributed by atoms with Gasteiger partial charge in [-0.25, -0.2) is 0 Å². The second-order valence-corrected chi connectivity index (χ2v) is 4.88. The Labute approximate surface area is 98.7 Å².